The number of halogens is 2. The number of hydrogen-bond acceptors (Lipinski definition) is 3. The summed E-state index contributed by atoms with van der Waals surface area (Å²) < 4.78 is 28.1. The van der Waals surface area contributed by atoms with Crippen LogP contribution in [0, 0.1) is 0 Å². The Morgan fingerprint density at radius 3 is 2.33 bits per heavy atom. The number of benzene rings is 3. The summed E-state index contributed by atoms with van der Waals surface area (Å²) in [6.45, 7) is 0. The molecule has 4 rings (SSSR count). The van der Waals surface area contributed by atoms with Crippen molar-refractivity contribution in [3.63, 3.8) is 0 Å². The average molecular weight is 418 g/mol. The van der Waals surface area contributed by atoms with E-state index in [0.29, 0.717) is 27.1 Å². The molecule has 0 aliphatic carbocycles. The highest BCUT2D eigenvalue weighted by atomic mass is 35.5. The predicted molar refractivity (Wildman–Crippen MR) is 109 cm³/mol. The lowest BCUT2D eigenvalue weighted by Gasteiger charge is -2.12. The number of H-pyrrole nitrogens is 1. The van der Waals surface area contributed by atoms with Crippen LogP contribution in [0.25, 0.3) is 22.4 Å². The molecule has 0 bridgehead atoms. The lowest BCUT2D eigenvalue weighted by Crippen LogP contribution is -2.13. The number of aromatic nitrogens is 2. The molecule has 27 heavy (non-hydrogen) atoms. The zero-order valence-corrected chi connectivity index (χ0v) is 16.1. The summed E-state index contributed by atoms with van der Waals surface area (Å²) >= 11 is 12.0. The highest BCUT2D eigenvalue weighted by molar-refractivity contribution is 7.92. The summed E-state index contributed by atoms with van der Waals surface area (Å²) in [6, 6.07) is 18.4. The number of fused-ring (bicyclic) bond motifs is 1. The molecule has 8 heteroatoms. The number of rotatable bonds is 4. The topological polar surface area (TPSA) is 74.8 Å². The van der Waals surface area contributed by atoms with Crippen LogP contribution in [0.5, 0.6) is 0 Å². The Bertz CT molecular complexity index is 1200. The van der Waals surface area contributed by atoms with Gasteiger partial charge in [0.2, 0.25) is 0 Å². The third-order valence-corrected chi connectivity index (χ3v) is 5.86. The largest absolute Gasteiger partial charge is 0.338 e. The van der Waals surface area contributed by atoms with E-state index in [1.54, 1.807) is 18.2 Å². The third kappa shape index (κ3) is 3.64. The lowest BCUT2D eigenvalue weighted by atomic mass is 10.2. The molecule has 0 saturated carbocycles. The van der Waals surface area contributed by atoms with Gasteiger partial charge in [0.15, 0.2) is 0 Å². The molecule has 1 aromatic heterocycles. The molecule has 0 atom stereocenters. The molecule has 5 nitrogen and oxygen atoms in total. The van der Waals surface area contributed by atoms with Gasteiger partial charge in [-0.05, 0) is 54.6 Å². The minimum Gasteiger partial charge on any atom is -0.338 e. The van der Waals surface area contributed by atoms with Gasteiger partial charge in [0.1, 0.15) is 5.82 Å². The van der Waals surface area contributed by atoms with Gasteiger partial charge in [-0.25, -0.2) is 13.4 Å². The number of anilines is 1. The van der Waals surface area contributed by atoms with E-state index < -0.39 is 10.0 Å². The SMILES string of the molecule is O=S(=O)(Nc1ccc(Cl)cc1-c1nc2ccccc2[nH]1)c1ccc(Cl)cc1. The molecule has 0 spiro atoms. The van der Waals surface area contributed by atoms with Crippen LogP contribution in [0.4, 0.5) is 5.69 Å². The van der Waals surface area contributed by atoms with E-state index in [2.05, 4.69) is 14.7 Å². The van der Waals surface area contributed by atoms with E-state index in [-0.39, 0.29) is 4.90 Å². The number of aromatic amines is 1. The summed E-state index contributed by atoms with van der Waals surface area (Å²) in [4.78, 5) is 7.83. The van der Waals surface area contributed by atoms with Gasteiger partial charge in [-0.15, -0.1) is 0 Å². The molecule has 0 aliphatic heterocycles. The highest BCUT2D eigenvalue weighted by Crippen LogP contribution is 2.32. The molecule has 0 saturated heterocycles. The maximum atomic E-state index is 12.7. The minimum absolute atomic E-state index is 0.109. The number of sulfonamides is 1. The van der Waals surface area contributed by atoms with Crippen molar-refractivity contribution in [2.45, 2.75) is 4.90 Å². The number of nitrogens with zero attached hydrogens (tertiary/aromatic N) is 1. The van der Waals surface area contributed by atoms with Gasteiger partial charge in [0.05, 0.1) is 21.6 Å². The van der Waals surface area contributed by atoms with Gasteiger partial charge in [-0.3, -0.25) is 4.72 Å². The molecule has 4 aromatic rings. The monoisotopic (exact) mass is 417 g/mol. The van der Waals surface area contributed by atoms with Crippen molar-refractivity contribution in [2.24, 2.45) is 0 Å². The first-order chi connectivity index (χ1) is 12.9. The average Bonchev–Trinajstić information content (AvgIpc) is 3.07. The second kappa shape index (κ2) is 6.88. The molecule has 0 radical (unpaired) electrons. The minimum atomic E-state index is -3.80. The first kappa shape index (κ1) is 17.9. The summed E-state index contributed by atoms with van der Waals surface area (Å²) in [6.07, 6.45) is 0. The predicted octanol–water partition coefficient (Wildman–Crippen LogP) is 5.34. The molecule has 0 unspecified atom stereocenters. The van der Waals surface area contributed by atoms with Gasteiger partial charge >= 0.3 is 0 Å². The van der Waals surface area contributed by atoms with Crippen LogP contribution in [0.2, 0.25) is 10.0 Å². The van der Waals surface area contributed by atoms with Crippen LogP contribution in [0.15, 0.2) is 71.6 Å². The number of hydrogen-bond donors (Lipinski definition) is 2. The first-order valence-electron chi connectivity index (χ1n) is 7.95. The first-order valence-corrected chi connectivity index (χ1v) is 10.2. The number of para-hydroxylation sites is 2. The van der Waals surface area contributed by atoms with Gasteiger partial charge in [-0.2, -0.15) is 0 Å². The van der Waals surface area contributed by atoms with E-state index in [4.69, 9.17) is 23.2 Å². The maximum Gasteiger partial charge on any atom is 0.261 e. The van der Waals surface area contributed by atoms with Crippen LogP contribution >= 0.6 is 23.2 Å². The van der Waals surface area contributed by atoms with Crippen LogP contribution in [-0.2, 0) is 10.0 Å². The van der Waals surface area contributed by atoms with Crippen molar-refractivity contribution in [1.29, 1.82) is 0 Å². The smallest absolute Gasteiger partial charge is 0.261 e. The molecular weight excluding hydrogens is 405 g/mol. The van der Waals surface area contributed by atoms with Crippen molar-refractivity contribution in [1.82, 2.24) is 9.97 Å². The Morgan fingerprint density at radius 1 is 0.889 bits per heavy atom. The van der Waals surface area contributed by atoms with Crippen LogP contribution in [0.3, 0.4) is 0 Å². The zero-order chi connectivity index (χ0) is 19.0. The zero-order valence-electron chi connectivity index (χ0n) is 13.8. The van der Waals surface area contributed by atoms with Crippen LogP contribution in [-0.4, -0.2) is 18.4 Å². The molecular formula is C19H13Cl2N3O2S. The molecule has 0 amide bonds. The standard InChI is InChI=1S/C19H13Cl2N3O2S/c20-12-5-8-14(9-6-12)27(25,26)24-16-10-7-13(21)11-15(16)19-22-17-3-1-2-4-18(17)23-19/h1-11,24H,(H,22,23). The van der Waals surface area contributed by atoms with E-state index in [1.807, 2.05) is 24.3 Å². The van der Waals surface area contributed by atoms with E-state index in [1.165, 1.54) is 24.3 Å². The molecule has 3 aromatic carbocycles. The van der Waals surface area contributed by atoms with Crippen LogP contribution < -0.4 is 4.72 Å². The Morgan fingerprint density at radius 2 is 1.59 bits per heavy atom. The molecule has 136 valence electrons. The number of nitrogens with one attached hydrogen (secondary N) is 2. The van der Waals surface area contributed by atoms with Crippen molar-refractivity contribution < 1.29 is 8.42 Å². The van der Waals surface area contributed by atoms with Gasteiger partial charge in [-0.1, -0.05) is 35.3 Å². The maximum absolute atomic E-state index is 12.7. The van der Waals surface area contributed by atoms with E-state index in [9.17, 15) is 8.42 Å². The Kier molecular flexibility index (Phi) is 4.55. The quantitative estimate of drug-likeness (QED) is 0.470. The van der Waals surface area contributed by atoms with Gasteiger partial charge in [0, 0.05) is 15.6 Å². The Hall–Kier alpha value is -2.54. The Balaban J connectivity index is 1.78. The van der Waals surface area contributed by atoms with Crippen molar-refractivity contribution in [3.8, 4) is 11.4 Å². The normalized spacial score (nSPS) is 11.6. The summed E-state index contributed by atoms with van der Waals surface area (Å²) in [5.41, 5.74) is 2.54. The summed E-state index contributed by atoms with van der Waals surface area (Å²) in [5, 5.41) is 0.934. The molecule has 1 heterocycles. The third-order valence-electron chi connectivity index (χ3n) is 3.99. The van der Waals surface area contributed by atoms with Crippen LogP contribution in [0.1, 0.15) is 0 Å². The van der Waals surface area contributed by atoms with Gasteiger partial charge < -0.3 is 4.98 Å². The lowest BCUT2D eigenvalue weighted by molar-refractivity contribution is 0.601. The van der Waals surface area contributed by atoms with Crippen molar-refractivity contribution >= 4 is 49.9 Å². The fourth-order valence-electron chi connectivity index (χ4n) is 2.70. The fraction of sp³-hybridized carbons (Fsp3) is 0. The Labute approximate surface area is 166 Å². The molecule has 0 aliphatic rings. The van der Waals surface area contributed by atoms with Crippen molar-refractivity contribution in [3.05, 3.63) is 76.8 Å². The molecule has 2 N–H and O–H groups in total. The summed E-state index contributed by atoms with van der Waals surface area (Å²) in [7, 11) is -3.80. The van der Waals surface area contributed by atoms with Gasteiger partial charge in [0.25, 0.3) is 10.0 Å². The highest BCUT2D eigenvalue weighted by Gasteiger charge is 2.18. The summed E-state index contributed by atoms with van der Waals surface area (Å²) in [5.74, 6) is 0.521. The number of imidazole rings is 1. The second-order valence-corrected chi connectivity index (χ2v) is 8.41. The van der Waals surface area contributed by atoms with Crippen molar-refractivity contribution in [2.75, 3.05) is 4.72 Å². The van der Waals surface area contributed by atoms with E-state index >= 15 is 0 Å². The fourth-order valence-corrected chi connectivity index (χ4v) is 4.08. The van der Waals surface area contributed by atoms with E-state index in [0.717, 1.165) is 11.0 Å². The second-order valence-electron chi connectivity index (χ2n) is 5.85. The molecule has 0 fully saturated rings.